The molecule has 0 aliphatic carbocycles. The zero-order valence-electron chi connectivity index (χ0n) is 29.6. The number of fused-ring (bicyclic) bond motifs is 5. The summed E-state index contributed by atoms with van der Waals surface area (Å²) in [5, 5.41) is 5.20. The van der Waals surface area contributed by atoms with Gasteiger partial charge < -0.3 is 4.90 Å². The highest BCUT2D eigenvalue weighted by atomic mass is 32.1. The van der Waals surface area contributed by atoms with Crippen LogP contribution >= 0.6 is 11.3 Å². The average molecular weight is 706 g/mol. The molecule has 0 saturated carbocycles. The fourth-order valence-electron chi connectivity index (χ4n) is 7.68. The van der Waals surface area contributed by atoms with Crippen LogP contribution in [-0.2, 0) is 0 Å². The van der Waals surface area contributed by atoms with Crippen LogP contribution in [0.1, 0.15) is 0 Å². The normalized spacial score (nSPS) is 11.3. The van der Waals surface area contributed by atoms with Crippen LogP contribution in [0.2, 0.25) is 0 Å². The molecule has 0 N–H and O–H groups in total. The van der Waals surface area contributed by atoms with Gasteiger partial charge in [0.25, 0.3) is 0 Å². The predicted molar refractivity (Wildman–Crippen MR) is 233 cm³/mol. The second-order valence-electron chi connectivity index (χ2n) is 13.8. The summed E-state index contributed by atoms with van der Waals surface area (Å²) >= 11 is 1.89. The van der Waals surface area contributed by atoms with Crippen LogP contribution in [0.5, 0.6) is 0 Å². The maximum absolute atomic E-state index is 2.39. The van der Waals surface area contributed by atoms with Crippen LogP contribution in [0.25, 0.3) is 75.5 Å². The van der Waals surface area contributed by atoms with Crippen molar-refractivity contribution >= 4 is 59.3 Å². The largest absolute Gasteiger partial charge is 0.310 e. The van der Waals surface area contributed by atoms with Gasteiger partial charge in [0.2, 0.25) is 0 Å². The molecular weight excluding hydrogens is 671 g/mol. The lowest BCUT2D eigenvalue weighted by molar-refractivity contribution is 1.29. The third-order valence-electron chi connectivity index (χ3n) is 10.5. The van der Waals surface area contributed by atoms with E-state index in [-0.39, 0.29) is 0 Å². The van der Waals surface area contributed by atoms with Gasteiger partial charge in [0, 0.05) is 37.2 Å². The van der Waals surface area contributed by atoms with E-state index in [0.29, 0.717) is 0 Å². The second kappa shape index (κ2) is 13.7. The van der Waals surface area contributed by atoms with E-state index < -0.39 is 0 Å². The van der Waals surface area contributed by atoms with E-state index in [4.69, 9.17) is 0 Å². The van der Waals surface area contributed by atoms with E-state index in [1.807, 2.05) is 11.3 Å². The van der Waals surface area contributed by atoms with Gasteiger partial charge in [-0.1, -0.05) is 176 Å². The fourth-order valence-corrected chi connectivity index (χ4v) is 8.95. The van der Waals surface area contributed by atoms with Gasteiger partial charge in [0.1, 0.15) is 0 Å². The lowest BCUT2D eigenvalue weighted by atomic mass is 9.99. The van der Waals surface area contributed by atoms with E-state index in [9.17, 15) is 0 Å². The smallest absolute Gasteiger partial charge is 0.0476 e. The minimum absolute atomic E-state index is 1.11. The van der Waals surface area contributed by atoms with Crippen molar-refractivity contribution < 1.29 is 0 Å². The Bertz CT molecular complexity index is 2890. The number of rotatable bonds is 7. The molecule has 9 aromatic carbocycles. The third kappa shape index (κ3) is 5.93. The minimum Gasteiger partial charge on any atom is -0.310 e. The van der Waals surface area contributed by atoms with Gasteiger partial charge in [-0.2, -0.15) is 0 Å². The molecule has 54 heavy (non-hydrogen) atoms. The van der Waals surface area contributed by atoms with E-state index >= 15 is 0 Å². The van der Waals surface area contributed by atoms with Crippen LogP contribution in [0.3, 0.4) is 0 Å². The molecule has 0 amide bonds. The van der Waals surface area contributed by atoms with Crippen molar-refractivity contribution in [1.82, 2.24) is 0 Å². The Labute approximate surface area is 319 Å². The van der Waals surface area contributed by atoms with E-state index in [2.05, 4.69) is 217 Å². The summed E-state index contributed by atoms with van der Waals surface area (Å²) in [4.78, 5) is 2.39. The second-order valence-corrected chi connectivity index (χ2v) is 14.8. The lowest BCUT2D eigenvalue weighted by Gasteiger charge is -2.26. The Morgan fingerprint density at radius 2 is 0.741 bits per heavy atom. The number of nitrogens with zero attached hydrogens (tertiary/aromatic N) is 1. The highest BCUT2D eigenvalue weighted by molar-refractivity contribution is 7.26. The first-order valence-electron chi connectivity index (χ1n) is 18.4. The summed E-state index contributed by atoms with van der Waals surface area (Å²) in [6.07, 6.45) is 0. The van der Waals surface area contributed by atoms with Crippen molar-refractivity contribution in [2.75, 3.05) is 4.90 Å². The van der Waals surface area contributed by atoms with Crippen LogP contribution in [0, 0.1) is 0 Å². The molecule has 0 bridgehead atoms. The van der Waals surface area contributed by atoms with Gasteiger partial charge >= 0.3 is 0 Å². The highest BCUT2D eigenvalue weighted by Gasteiger charge is 2.17. The Morgan fingerprint density at radius 1 is 0.278 bits per heavy atom. The summed E-state index contributed by atoms with van der Waals surface area (Å²) in [6, 6.07) is 77.0. The molecule has 10 aromatic rings. The number of hydrogen-bond donors (Lipinski definition) is 0. The van der Waals surface area contributed by atoms with E-state index in [0.717, 1.165) is 17.1 Å². The van der Waals surface area contributed by atoms with Crippen molar-refractivity contribution in [3.63, 3.8) is 0 Å². The maximum Gasteiger partial charge on any atom is 0.0476 e. The average Bonchev–Trinajstić information content (AvgIpc) is 3.64. The van der Waals surface area contributed by atoms with Gasteiger partial charge in [0.15, 0.2) is 0 Å². The number of thiophene rings is 1. The molecule has 0 aliphatic heterocycles. The van der Waals surface area contributed by atoms with Gasteiger partial charge in [-0.15, -0.1) is 11.3 Å². The Kier molecular flexibility index (Phi) is 8.09. The molecule has 0 unspecified atom stereocenters. The van der Waals surface area contributed by atoms with Crippen LogP contribution < -0.4 is 4.90 Å². The molecule has 10 rings (SSSR count). The number of hydrogen-bond acceptors (Lipinski definition) is 2. The molecule has 0 aliphatic rings. The molecular formula is C52H35NS. The first-order valence-corrected chi connectivity index (χ1v) is 19.2. The lowest BCUT2D eigenvalue weighted by Crippen LogP contribution is -2.09. The molecule has 1 heterocycles. The molecule has 0 spiro atoms. The molecule has 1 aromatic heterocycles. The van der Waals surface area contributed by atoms with E-state index in [1.54, 1.807) is 0 Å². The zero-order valence-corrected chi connectivity index (χ0v) is 30.4. The zero-order chi connectivity index (χ0) is 35.8. The summed E-state index contributed by atoms with van der Waals surface area (Å²) < 4.78 is 2.63. The highest BCUT2D eigenvalue weighted by Crippen LogP contribution is 2.43. The topological polar surface area (TPSA) is 3.24 Å². The predicted octanol–water partition coefficient (Wildman–Crippen LogP) is 15.3. The molecule has 0 atom stereocenters. The molecule has 1 nitrogen and oxygen atoms in total. The van der Waals surface area contributed by atoms with Crippen molar-refractivity contribution in [3.05, 3.63) is 212 Å². The molecule has 2 heteroatoms. The monoisotopic (exact) mass is 705 g/mol. The maximum atomic E-state index is 2.39. The summed E-state index contributed by atoms with van der Waals surface area (Å²) in [7, 11) is 0. The third-order valence-corrected chi connectivity index (χ3v) is 11.7. The van der Waals surface area contributed by atoms with Gasteiger partial charge in [-0.25, -0.2) is 0 Å². The summed E-state index contributed by atoms with van der Waals surface area (Å²) in [6.45, 7) is 0. The van der Waals surface area contributed by atoms with Gasteiger partial charge in [0.05, 0.1) is 0 Å². The first kappa shape index (κ1) is 32.0. The fraction of sp³-hybridized carbons (Fsp3) is 0. The van der Waals surface area contributed by atoms with E-state index in [1.165, 1.54) is 75.5 Å². The van der Waals surface area contributed by atoms with Crippen LogP contribution in [0.4, 0.5) is 17.1 Å². The van der Waals surface area contributed by atoms with Crippen molar-refractivity contribution in [2.24, 2.45) is 0 Å². The Morgan fingerprint density at radius 3 is 1.37 bits per heavy atom. The van der Waals surface area contributed by atoms with Gasteiger partial charge in [-0.05, 0) is 91.7 Å². The van der Waals surface area contributed by atoms with Crippen molar-refractivity contribution in [2.45, 2.75) is 0 Å². The van der Waals surface area contributed by atoms with Crippen molar-refractivity contribution in [3.8, 4) is 44.5 Å². The number of benzene rings is 9. The van der Waals surface area contributed by atoms with Crippen LogP contribution in [0.15, 0.2) is 212 Å². The molecule has 254 valence electrons. The Hall–Kier alpha value is -6.74. The number of anilines is 3. The van der Waals surface area contributed by atoms with Crippen molar-refractivity contribution in [1.29, 1.82) is 0 Å². The minimum atomic E-state index is 1.11. The summed E-state index contributed by atoms with van der Waals surface area (Å²) in [5.41, 5.74) is 13.0. The SMILES string of the molecule is c1ccc(-c2ccc(-c3ccc(N(c4cccc(-c5ccc(-c6ccccc6)cc5)c4)c4ccc5c(c4)sc4c6ccccc6ccc54)cc3)cc2)cc1. The first-order chi connectivity index (χ1) is 26.7. The standard InChI is InChI=1S/C52H35NS/c1-3-10-36(11-4-1)38-18-20-40(21-19-38)41-26-29-45(30-27-41)53(46-16-9-15-44(34-46)42-24-22-39(23-25-42)37-12-5-2-6-13-37)47-31-33-49-50-32-28-43-14-7-8-17-48(43)52(50)54-51(49)35-47/h1-35H. The summed E-state index contributed by atoms with van der Waals surface area (Å²) in [5.74, 6) is 0. The molecule has 0 fully saturated rings. The quantitative estimate of drug-likeness (QED) is 0.160. The van der Waals surface area contributed by atoms with Crippen LogP contribution in [-0.4, -0.2) is 0 Å². The Balaban J connectivity index is 1.05. The molecule has 0 saturated heterocycles. The molecule has 0 radical (unpaired) electrons. The van der Waals surface area contributed by atoms with Gasteiger partial charge in [-0.3, -0.25) is 0 Å².